The Kier molecular flexibility index (Phi) is 29.8. The van der Waals surface area contributed by atoms with E-state index in [0.29, 0.717) is 183 Å². The molecule has 0 amide bonds. The Labute approximate surface area is 849 Å². The van der Waals surface area contributed by atoms with Crippen LogP contribution in [0.5, 0.6) is 29.1 Å². The van der Waals surface area contributed by atoms with Crippen molar-refractivity contribution >= 4 is 66.2 Å². The number of aromatic hydroxyl groups is 5. The van der Waals surface area contributed by atoms with E-state index in [1.807, 2.05) is 0 Å². The summed E-state index contributed by atoms with van der Waals surface area (Å²) in [5.41, 5.74) is 5.34. The monoisotopic (exact) mass is 2030 g/mol. The molecular formula is C102H108N36O12. The molecule has 6 saturated carbocycles. The highest BCUT2D eigenvalue weighted by atomic mass is 16.3. The van der Waals surface area contributed by atoms with Crippen LogP contribution in [0, 0.1) is 103 Å². The molecule has 0 saturated heterocycles. The van der Waals surface area contributed by atoms with Crippen molar-refractivity contribution in [1.29, 1.82) is 31.6 Å². The lowest BCUT2D eigenvalue weighted by Crippen LogP contribution is -2.28. The summed E-state index contributed by atoms with van der Waals surface area (Å²) in [6.45, 7) is 0. The molecular weight excluding hydrogens is 1920 g/mol. The third-order valence-electron chi connectivity index (χ3n) is 30.3. The predicted molar refractivity (Wildman–Crippen MR) is 546 cm³/mol. The van der Waals surface area contributed by atoms with Crippen molar-refractivity contribution < 1.29 is 25.5 Å². The van der Waals surface area contributed by atoms with Gasteiger partial charge in [-0.25, -0.2) is 73.4 Å². The first kappa shape index (κ1) is 100. The summed E-state index contributed by atoms with van der Waals surface area (Å²) in [6, 6.07) is 19.0. The van der Waals surface area contributed by atoms with E-state index in [2.05, 4.69) is 157 Å². The Hall–Kier alpha value is -18.5. The molecule has 48 heteroatoms. The van der Waals surface area contributed by atoms with Crippen LogP contribution in [0.25, 0.3) is 134 Å². The molecule has 18 aromatic rings. The molecule has 18 aromatic heterocycles. The number of aromatic amines is 13. The number of fused-ring (bicyclic) bond motifs is 6. The maximum atomic E-state index is 13.0. The van der Waals surface area contributed by atoms with Crippen molar-refractivity contribution in [3.8, 4) is 133 Å². The van der Waals surface area contributed by atoms with Gasteiger partial charge in [-0.3, -0.25) is 53.4 Å². The maximum Gasteiger partial charge on any atom is 0.347 e. The second-order valence-electron chi connectivity index (χ2n) is 38.9. The van der Waals surface area contributed by atoms with E-state index in [1.165, 1.54) is 73.7 Å². The third kappa shape index (κ3) is 20.3. The average Bonchev–Trinajstić information content (AvgIpc) is 1.67. The zero-order chi connectivity index (χ0) is 104. The number of hydrogen-bond acceptors (Lipinski definition) is 29. The molecule has 0 spiro atoms. The van der Waals surface area contributed by atoms with Crippen LogP contribution in [0.1, 0.15) is 229 Å². The minimum atomic E-state index is -0.513. The van der Waals surface area contributed by atoms with Gasteiger partial charge in [0.2, 0.25) is 5.88 Å². The molecule has 0 aromatic carbocycles. The van der Waals surface area contributed by atoms with Gasteiger partial charge in [0.1, 0.15) is 82.6 Å². The minimum Gasteiger partial charge on any atom is -0.506 e. The van der Waals surface area contributed by atoms with Crippen molar-refractivity contribution in [2.24, 2.45) is 35.5 Å². The molecule has 18 N–H and O–H groups in total. The van der Waals surface area contributed by atoms with Crippen LogP contribution in [-0.4, -0.2) is 174 Å². The van der Waals surface area contributed by atoms with Crippen LogP contribution in [0.4, 0.5) is 0 Å². The Morgan fingerprint density at radius 3 is 1.09 bits per heavy atom. The predicted octanol–water partition coefficient (Wildman–Crippen LogP) is 14.4. The van der Waals surface area contributed by atoms with Gasteiger partial charge in [-0.2, -0.15) is 36.6 Å². The lowest BCUT2D eigenvalue weighted by molar-refractivity contribution is 0.277. The first-order valence-corrected chi connectivity index (χ1v) is 50.4. The summed E-state index contributed by atoms with van der Waals surface area (Å²) >= 11 is 0. The quantitative estimate of drug-likeness (QED) is 0.0267. The molecule has 6 unspecified atom stereocenters. The molecule has 48 nitrogen and oxygen atoms in total. The molecule has 6 aliphatic rings. The summed E-state index contributed by atoms with van der Waals surface area (Å²) in [4.78, 5) is 153. The van der Waals surface area contributed by atoms with E-state index in [0.717, 1.165) is 141 Å². The van der Waals surface area contributed by atoms with Gasteiger partial charge in [0.15, 0.2) is 11.8 Å². The normalized spacial score (nSPS) is 16.3. The molecule has 150 heavy (non-hydrogen) atoms. The fraction of sp³-hybridized carbons (Fsp3) is 0.412. The van der Waals surface area contributed by atoms with Gasteiger partial charge >= 0.3 is 5.69 Å². The average molecular weight is 2030 g/mol. The fourth-order valence-electron chi connectivity index (χ4n) is 23.1. The first-order valence-electron chi connectivity index (χ1n) is 50.4. The van der Waals surface area contributed by atoms with E-state index in [9.17, 15) is 90.7 Å². The van der Waals surface area contributed by atoms with E-state index >= 15 is 0 Å². The first-order chi connectivity index (χ1) is 73.1. The molecule has 0 radical (unpaired) electrons. The molecule has 18 heterocycles. The van der Waals surface area contributed by atoms with Gasteiger partial charge in [0, 0.05) is 89.4 Å². The highest BCUT2D eigenvalue weighted by Gasteiger charge is 2.38. The second-order valence-corrected chi connectivity index (χ2v) is 38.9. The van der Waals surface area contributed by atoms with E-state index in [-0.39, 0.29) is 118 Å². The highest BCUT2D eigenvalue weighted by Crippen LogP contribution is 2.45. The summed E-state index contributed by atoms with van der Waals surface area (Å²) in [5.74, 6) is 1.84. The SMILES string of the molecule is N#CCC(C1CCCC1)n1[nH]c(=O)c(-c2ncnc3[nH]ccc23)c1O.N#CCC(C1CCCC1)n1[nH]cc(-c2[nH]c(=O)nc3[nH]ccc23)c1=O.N#CCC(C1CCCC1)n1[nH]cc(-c2ncnc3[nH]c(O)cc23)c1=O.N#CCC(C1CCCC1)n1[nH]cc(-c2ncnc3[nH]cc(O)c23)c1=O.N#CCC(C1CCCC1)n1cc(-c2ncnc3[nH]c(O)cc23)c(=O)[nH]1.N#CCC(C1CCCC1)n1cc(-c2ncnc3[nH]cc(O)c23)c(=O)[nH]1. The van der Waals surface area contributed by atoms with Crippen LogP contribution >= 0.6 is 0 Å². The smallest absolute Gasteiger partial charge is 0.347 e. The summed E-state index contributed by atoms with van der Waals surface area (Å²) in [7, 11) is 0. The number of nitrogens with zero attached hydrogens (tertiary/aromatic N) is 23. The molecule has 0 bridgehead atoms. The molecule has 24 rings (SSSR count). The second kappa shape index (κ2) is 44.6. The summed E-state index contributed by atoms with van der Waals surface area (Å²) in [5, 5.41) is 126. The zero-order valence-electron chi connectivity index (χ0n) is 81.4. The van der Waals surface area contributed by atoms with Gasteiger partial charge in [-0.1, -0.05) is 77.0 Å². The molecule has 0 aliphatic heterocycles. The fourth-order valence-corrected chi connectivity index (χ4v) is 23.1. The Bertz CT molecular complexity index is 8470. The number of aromatic nitrogens is 30. The van der Waals surface area contributed by atoms with Crippen molar-refractivity contribution in [3.63, 3.8) is 0 Å². The molecule has 768 valence electrons. The van der Waals surface area contributed by atoms with Gasteiger partial charge in [-0.15, -0.1) is 0 Å². The Morgan fingerprint density at radius 2 is 0.660 bits per heavy atom. The number of rotatable bonds is 24. The van der Waals surface area contributed by atoms with E-state index < -0.39 is 11.2 Å². The number of nitrogens with one attached hydrogen (secondary N) is 13. The molecule has 6 fully saturated rings. The highest BCUT2D eigenvalue weighted by molar-refractivity contribution is 5.97. The lowest BCUT2D eigenvalue weighted by atomic mass is 9.96. The maximum absolute atomic E-state index is 13.0. The summed E-state index contributed by atoms with van der Waals surface area (Å²) < 4.78 is 9.62. The van der Waals surface area contributed by atoms with Crippen LogP contribution in [0.3, 0.4) is 0 Å². The van der Waals surface area contributed by atoms with Gasteiger partial charge in [-0.05, 0) is 125 Å². The van der Waals surface area contributed by atoms with Crippen LogP contribution in [-0.2, 0) is 0 Å². The number of hydrogen-bond donors (Lipinski definition) is 18. The van der Waals surface area contributed by atoms with Crippen LogP contribution in [0.15, 0.2) is 145 Å². The Balaban J connectivity index is 0.000000113. The van der Waals surface area contributed by atoms with Crippen molar-refractivity contribution in [1.82, 2.24) is 148 Å². The van der Waals surface area contributed by atoms with Gasteiger partial charge in [0.25, 0.3) is 33.4 Å². The van der Waals surface area contributed by atoms with Crippen molar-refractivity contribution in [3.05, 3.63) is 184 Å². The van der Waals surface area contributed by atoms with E-state index in [4.69, 9.17) is 0 Å². The van der Waals surface area contributed by atoms with E-state index in [1.54, 1.807) is 78.9 Å². The van der Waals surface area contributed by atoms with Crippen LogP contribution < -0.4 is 39.0 Å². The lowest BCUT2D eigenvalue weighted by Gasteiger charge is -2.22. The number of nitriles is 6. The van der Waals surface area contributed by atoms with Crippen molar-refractivity contribution in [2.75, 3.05) is 0 Å². The van der Waals surface area contributed by atoms with Gasteiger partial charge < -0.3 is 75.7 Å². The molecule has 6 aliphatic carbocycles. The Morgan fingerprint density at radius 1 is 0.327 bits per heavy atom. The minimum absolute atomic E-state index is 0.00196. The van der Waals surface area contributed by atoms with Crippen molar-refractivity contribution in [2.45, 2.75) is 229 Å². The largest absolute Gasteiger partial charge is 0.506 e. The van der Waals surface area contributed by atoms with Gasteiger partial charge in [0.05, 0.1) is 184 Å². The number of H-pyrrole nitrogens is 13. The topological polar surface area (TPSA) is 740 Å². The zero-order valence-corrected chi connectivity index (χ0v) is 81.4. The third-order valence-corrected chi connectivity index (χ3v) is 30.3. The molecule has 6 atom stereocenters. The summed E-state index contributed by atoms with van der Waals surface area (Å²) in [6.07, 6.45) is 49.3. The van der Waals surface area contributed by atoms with Crippen LogP contribution in [0.2, 0.25) is 0 Å². The standard InChI is InChI=1S/6C17H18N6O2/c18-7-5-13(10-3-1-2-4-10)23-16(24)12(9-20-23)14-11-6-8-19-15(11)22-17(25)21-14;18-7-5-12(10-3-1-2-4-10)23-17(25)13(16(24)22-23)14-11-6-8-19-15(11)21-9-20-14;18-6-5-12(10-3-1-2-4-10)23-8-11(17(25)22-23)15-14-13(24)7-19-16(14)21-9-20-15;18-6-5-13(10-3-1-2-4-10)23-8-12(17(25)22-23)15-11-7-14(24)21-16(11)20-9-19-15;18-6-5-13(10-3-1-2-4-10)23-17(25)12(8-21-23)15-11-7-14(24)22-16(11)20-9-19-15;18-6-5-12(10-3-1-2-4-10)23-17(25)11(7-22-23)15-14-13(24)8-19-16(14)21-9-20-15/h6,8-10,13,20H,1-5H2,(H2,19,21,22,25);6,8-10,12,25H,1-5H2,(H,22,24)(H,19,20,21);7-10,12,24H,1-5H2,(H,22,25)(H,19,20,21);7-10,13,24H,1-5H2,(H,22,25)(H,19,20,21);7-10,13,21,24H,1-5H2,(H,19,20,22);7-10,12,22,24H,1-5H2,(H,19,20,21).